The summed E-state index contributed by atoms with van der Waals surface area (Å²) in [5.74, 6) is 0. The number of imidazole rings is 1. The SMILES string of the molecule is CNC(CCO)c1ccc2nc[nH]c2c1. The zero-order chi connectivity index (χ0) is 10.7. The second-order valence-corrected chi connectivity index (χ2v) is 3.53. The minimum atomic E-state index is 0.187. The van der Waals surface area contributed by atoms with Crippen molar-refractivity contribution in [2.75, 3.05) is 13.7 Å². The Labute approximate surface area is 88.3 Å². The van der Waals surface area contributed by atoms with Gasteiger partial charge in [-0.05, 0) is 31.2 Å². The Morgan fingerprint density at radius 1 is 1.53 bits per heavy atom. The van der Waals surface area contributed by atoms with Gasteiger partial charge in [-0.1, -0.05) is 6.07 Å². The zero-order valence-corrected chi connectivity index (χ0v) is 8.70. The minimum absolute atomic E-state index is 0.187. The van der Waals surface area contributed by atoms with Gasteiger partial charge in [-0.25, -0.2) is 4.98 Å². The first-order chi connectivity index (χ1) is 7.35. The maximum absolute atomic E-state index is 8.94. The second-order valence-electron chi connectivity index (χ2n) is 3.53. The molecule has 0 fully saturated rings. The number of nitrogens with zero attached hydrogens (tertiary/aromatic N) is 1. The largest absolute Gasteiger partial charge is 0.396 e. The number of fused-ring (bicyclic) bond motifs is 1. The van der Waals surface area contributed by atoms with Crippen molar-refractivity contribution >= 4 is 11.0 Å². The fraction of sp³-hybridized carbons (Fsp3) is 0.364. The molecule has 0 radical (unpaired) electrons. The van der Waals surface area contributed by atoms with E-state index >= 15 is 0 Å². The lowest BCUT2D eigenvalue weighted by atomic mass is 10.0. The number of H-pyrrole nitrogens is 1. The molecule has 0 bridgehead atoms. The van der Waals surface area contributed by atoms with Gasteiger partial charge in [0, 0.05) is 12.6 Å². The van der Waals surface area contributed by atoms with Gasteiger partial charge >= 0.3 is 0 Å². The molecule has 2 aromatic rings. The van der Waals surface area contributed by atoms with E-state index in [-0.39, 0.29) is 12.6 Å². The van der Waals surface area contributed by atoms with Crippen molar-refractivity contribution in [1.29, 1.82) is 0 Å². The highest BCUT2D eigenvalue weighted by molar-refractivity contribution is 5.75. The summed E-state index contributed by atoms with van der Waals surface area (Å²) in [4.78, 5) is 7.25. The molecule has 0 aliphatic rings. The van der Waals surface area contributed by atoms with Gasteiger partial charge < -0.3 is 15.4 Å². The average Bonchev–Trinajstić information content (AvgIpc) is 2.72. The fourth-order valence-electron chi connectivity index (χ4n) is 1.78. The van der Waals surface area contributed by atoms with Crippen molar-refractivity contribution in [2.24, 2.45) is 0 Å². The Morgan fingerprint density at radius 2 is 2.40 bits per heavy atom. The third kappa shape index (κ3) is 2.00. The van der Waals surface area contributed by atoms with Crippen molar-refractivity contribution in [3.05, 3.63) is 30.1 Å². The first kappa shape index (κ1) is 10.1. The number of aliphatic hydroxyl groups excluding tert-OH is 1. The number of hydrogen-bond donors (Lipinski definition) is 3. The Hall–Kier alpha value is -1.39. The number of aliphatic hydroxyl groups is 1. The molecule has 0 spiro atoms. The predicted molar refractivity (Wildman–Crippen MR) is 59.6 cm³/mol. The van der Waals surface area contributed by atoms with Gasteiger partial charge in [0.2, 0.25) is 0 Å². The maximum atomic E-state index is 8.94. The molecule has 0 saturated heterocycles. The van der Waals surface area contributed by atoms with Gasteiger partial charge in [0.25, 0.3) is 0 Å². The van der Waals surface area contributed by atoms with Gasteiger partial charge in [0.1, 0.15) is 0 Å². The molecule has 1 heterocycles. The summed E-state index contributed by atoms with van der Waals surface area (Å²) >= 11 is 0. The summed E-state index contributed by atoms with van der Waals surface area (Å²) in [6.07, 6.45) is 2.41. The topological polar surface area (TPSA) is 60.9 Å². The maximum Gasteiger partial charge on any atom is 0.0931 e. The summed E-state index contributed by atoms with van der Waals surface area (Å²) in [5, 5.41) is 12.1. The van der Waals surface area contributed by atoms with Crippen LogP contribution in [0.2, 0.25) is 0 Å². The standard InChI is InChI=1S/C11H15N3O/c1-12-9(4-5-15)8-2-3-10-11(6-8)14-7-13-10/h2-3,6-7,9,12,15H,4-5H2,1H3,(H,13,14). The lowest BCUT2D eigenvalue weighted by molar-refractivity contribution is 0.269. The number of benzene rings is 1. The van der Waals surface area contributed by atoms with E-state index in [1.807, 2.05) is 19.2 Å². The molecule has 4 nitrogen and oxygen atoms in total. The molecule has 3 N–H and O–H groups in total. The lowest BCUT2D eigenvalue weighted by Gasteiger charge is -2.14. The van der Waals surface area contributed by atoms with Gasteiger partial charge in [0.15, 0.2) is 0 Å². The smallest absolute Gasteiger partial charge is 0.0931 e. The van der Waals surface area contributed by atoms with Crippen LogP contribution in [0.4, 0.5) is 0 Å². The Balaban J connectivity index is 2.33. The summed E-state index contributed by atoms with van der Waals surface area (Å²) in [6.45, 7) is 0.187. The molecule has 1 aromatic carbocycles. The van der Waals surface area contributed by atoms with Crippen LogP contribution < -0.4 is 5.32 Å². The summed E-state index contributed by atoms with van der Waals surface area (Å²) < 4.78 is 0. The van der Waals surface area contributed by atoms with Crippen LogP contribution in [0, 0.1) is 0 Å². The predicted octanol–water partition coefficient (Wildman–Crippen LogP) is 1.21. The molecule has 0 amide bonds. The zero-order valence-electron chi connectivity index (χ0n) is 8.70. The fourth-order valence-corrected chi connectivity index (χ4v) is 1.78. The van der Waals surface area contributed by atoms with E-state index in [2.05, 4.69) is 21.4 Å². The number of rotatable bonds is 4. The van der Waals surface area contributed by atoms with Crippen molar-refractivity contribution in [3.8, 4) is 0 Å². The van der Waals surface area contributed by atoms with Crippen LogP contribution >= 0.6 is 0 Å². The quantitative estimate of drug-likeness (QED) is 0.703. The van der Waals surface area contributed by atoms with Crippen LogP contribution in [0.15, 0.2) is 24.5 Å². The molecular formula is C11H15N3O. The number of nitrogens with one attached hydrogen (secondary N) is 2. The first-order valence-electron chi connectivity index (χ1n) is 5.06. The van der Waals surface area contributed by atoms with Crippen LogP contribution in [0.1, 0.15) is 18.0 Å². The Bertz CT molecular complexity index is 438. The molecule has 4 heteroatoms. The van der Waals surface area contributed by atoms with Crippen LogP contribution in [0.3, 0.4) is 0 Å². The average molecular weight is 205 g/mol. The molecule has 0 aliphatic heterocycles. The van der Waals surface area contributed by atoms with Gasteiger partial charge in [-0.15, -0.1) is 0 Å². The highest BCUT2D eigenvalue weighted by atomic mass is 16.3. The van der Waals surface area contributed by atoms with E-state index in [0.29, 0.717) is 0 Å². The van der Waals surface area contributed by atoms with E-state index in [9.17, 15) is 0 Å². The van der Waals surface area contributed by atoms with Crippen LogP contribution in [0.25, 0.3) is 11.0 Å². The Kier molecular flexibility index (Phi) is 2.99. The van der Waals surface area contributed by atoms with E-state index in [4.69, 9.17) is 5.11 Å². The molecule has 2 rings (SSSR count). The van der Waals surface area contributed by atoms with E-state index in [1.54, 1.807) is 6.33 Å². The molecular weight excluding hydrogens is 190 g/mol. The molecule has 0 aliphatic carbocycles. The molecule has 80 valence electrons. The lowest BCUT2D eigenvalue weighted by Crippen LogP contribution is -2.17. The van der Waals surface area contributed by atoms with Crippen LogP contribution in [0.5, 0.6) is 0 Å². The van der Waals surface area contributed by atoms with Crippen molar-refractivity contribution in [2.45, 2.75) is 12.5 Å². The summed E-state index contributed by atoms with van der Waals surface area (Å²) in [7, 11) is 1.90. The van der Waals surface area contributed by atoms with E-state index in [1.165, 1.54) is 5.56 Å². The highest BCUT2D eigenvalue weighted by Gasteiger charge is 2.09. The molecule has 1 unspecified atom stereocenters. The van der Waals surface area contributed by atoms with Crippen molar-refractivity contribution in [3.63, 3.8) is 0 Å². The minimum Gasteiger partial charge on any atom is -0.396 e. The summed E-state index contributed by atoms with van der Waals surface area (Å²) in [5.41, 5.74) is 3.17. The van der Waals surface area contributed by atoms with Gasteiger partial charge in [-0.2, -0.15) is 0 Å². The molecule has 1 aromatic heterocycles. The molecule has 0 saturated carbocycles. The van der Waals surface area contributed by atoms with Crippen molar-refractivity contribution in [1.82, 2.24) is 15.3 Å². The van der Waals surface area contributed by atoms with E-state index < -0.39 is 0 Å². The van der Waals surface area contributed by atoms with Crippen molar-refractivity contribution < 1.29 is 5.11 Å². The van der Waals surface area contributed by atoms with E-state index in [0.717, 1.165) is 17.5 Å². The highest BCUT2D eigenvalue weighted by Crippen LogP contribution is 2.19. The van der Waals surface area contributed by atoms with Crippen LogP contribution in [-0.4, -0.2) is 28.7 Å². The third-order valence-corrected chi connectivity index (χ3v) is 2.61. The monoisotopic (exact) mass is 205 g/mol. The first-order valence-corrected chi connectivity index (χ1v) is 5.06. The van der Waals surface area contributed by atoms with Gasteiger partial charge in [0.05, 0.1) is 17.4 Å². The molecule has 1 atom stereocenters. The Morgan fingerprint density at radius 3 is 3.13 bits per heavy atom. The third-order valence-electron chi connectivity index (χ3n) is 2.61. The number of aromatic amines is 1. The normalized spacial score (nSPS) is 13.2. The van der Waals surface area contributed by atoms with Crippen LogP contribution in [-0.2, 0) is 0 Å². The second kappa shape index (κ2) is 4.42. The number of hydrogen-bond acceptors (Lipinski definition) is 3. The molecule has 15 heavy (non-hydrogen) atoms. The summed E-state index contributed by atoms with van der Waals surface area (Å²) in [6, 6.07) is 6.30. The van der Waals surface area contributed by atoms with Gasteiger partial charge in [-0.3, -0.25) is 0 Å². The number of aromatic nitrogens is 2.